The third kappa shape index (κ3) is 5.39. The van der Waals surface area contributed by atoms with Crippen LogP contribution in [-0.2, 0) is 47.6 Å². The maximum Gasteiger partial charge on any atom is 0.303 e. The second-order valence-corrected chi connectivity index (χ2v) is 16.0. The molecule has 0 unspecified atom stereocenters. The van der Waals surface area contributed by atoms with Gasteiger partial charge in [-0.15, -0.1) is 0 Å². The van der Waals surface area contributed by atoms with Gasteiger partial charge < -0.3 is 28.4 Å². The Hall–Kier alpha value is -2.20. The van der Waals surface area contributed by atoms with E-state index in [0.717, 1.165) is 38.5 Å². The summed E-state index contributed by atoms with van der Waals surface area (Å²) in [5, 5.41) is 0. The second kappa shape index (κ2) is 11.2. The van der Waals surface area contributed by atoms with Gasteiger partial charge in [-0.3, -0.25) is 19.2 Å². The van der Waals surface area contributed by atoms with Crippen molar-refractivity contribution in [1.82, 2.24) is 0 Å². The van der Waals surface area contributed by atoms with Crippen LogP contribution in [0.4, 0.5) is 0 Å². The molecule has 2 aliphatic heterocycles. The maximum atomic E-state index is 12.5. The van der Waals surface area contributed by atoms with Gasteiger partial charge in [-0.25, -0.2) is 0 Å². The largest absolute Gasteiger partial charge is 0.463 e. The van der Waals surface area contributed by atoms with E-state index in [1.807, 2.05) is 6.92 Å². The van der Waals surface area contributed by atoms with Crippen molar-refractivity contribution < 1.29 is 47.6 Å². The molecule has 0 bridgehead atoms. The summed E-state index contributed by atoms with van der Waals surface area (Å²) in [6.07, 6.45) is 5.04. The summed E-state index contributed by atoms with van der Waals surface area (Å²) in [7, 11) is 0. The first-order chi connectivity index (χ1) is 21.0. The lowest BCUT2D eigenvalue weighted by molar-refractivity contribution is -0.265. The molecule has 0 aromatic heterocycles. The van der Waals surface area contributed by atoms with Crippen LogP contribution in [0.5, 0.6) is 0 Å². The number of hydrogen-bond donors (Lipinski definition) is 0. The van der Waals surface area contributed by atoms with Crippen LogP contribution in [0.25, 0.3) is 0 Å². The van der Waals surface area contributed by atoms with Gasteiger partial charge in [-0.2, -0.15) is 0 Å². The third-order valence-electron chi connectivity index (χ3n) is 13.2. The Balaban J connectivity index is 1.27. The fraction of sp³-hybridized carbons (Fsp3) is 0.886. The first-order valence-electron chi connectivity index (χ1n) is 17.0. The molecular weight excluding hydrogens is 580 g/mol. The van der Waals surface area contributed by atoms with Gasteiger partial charge in [0.2, 0.25) is 0 Å². The van der Waals surface area contributed by atoms with E-state index in [4.69, 9.17) is 28.4 Å². The van der Waals surface area contributed by atoms with Crippen LogP contribution >= 0.6 is 0 Å². The predicted octanol–water partition coefficient (Wildman–Crippen LogP) is 5.13. The van der Waals surface area contributed by atoms with Crippen LogP contribution < -0.4 is 0 Å². The summed E-state index contributed by atoms with van der Waals surface area (Å²) in [6, 6.07) is 0. The number of ether oxygens (including phenoxy) is 6. The highest BCUT2D eigenvalue weighted by atomic mass is 16.7. The molecule has 2 heterocycles. The highest BCUT2D eigenvalue weighted by Crippen LogP contribution is 2.72. The zero-order chi connectivity index (χ0) is 32.7. The van der Waals surface area contributed by atoms with Gasteiger partial charge in [0, 0.05) is 46.0 Å². The van der Waals surface area contributed by atoms with E-state index in [2.05, 4.69) is 20.8 Å². The van der Waals surface area contributed by atoms with Crippen LogP contribution in [0.15, 0.2) is 0 Å². The standard InChI is InChI=1S/C35H52O10/c1-18-31-29(44-35(18)12-11-32(6,45-35)17-40-19(2)36)14-25-23-13-27(41-20(3)37)26-15-28(42-21(4)38)30(43-22(5)39)16-34(26,8)24(23)9-10-33(25,31)7/h18,23-31H,9-17H2,1-8H3/t18-,23+,24-,25-,26+,27+,28+,29-,30+,31-,32-,33-,34+,35-/m0/s1. The van der Waals surface area contributed by atoms with Crippen molar-refractivity contribution in [1.29, 1.82) is 0 Å². The third-order valence-corrected chi connectivity index (χ3v) is 13.2. The Morgan fingerprint density at radius 2 is 1.36 bits per heavy atom. The first-order valence-corrected chi connectivity index (χ1v) is 17.0. The lowest BCUT2D eigenvalue weighted by Gasteiger charge is -2.63. The molecule has 0 N–H and O–H groups in total. The summed E-state index contributed by atoms with van der Waals surface area (Å²) in [5.74, 6) is -0.542. The van der Waals surface area contributed by atoms with Gasteiger partial charge in [0.05, 0.1) is 6.10 Å². The summed E-state index contributed by atoms with van der Waals surface area (Å²) in [6.45, 7) is 14.9. The molecule has 4 aliphatic carbocycles. The Morgan fingerprint density at radius 3 is 2.00 bits per heavy atom. The molecule has 0 radical (unpaired) electrons. The fourth-order valence-corrected chi connectivity index (χ4v) is 11.7. The molecule has 0 aromatic rings. The van der Waals surface area contributed by atoms with Crippen molar-refractivity contribution in [3.63, 3.8) is 0 Å². The molecule has 10 nitrogen and oxygen atoms in total. The van der Waals surface area contributed by atoms with Crippen molar-refractivity contribution in [2.24, 2.45) is 46.3 Å². The monoisotopic (exact) mass is 632 g/mol. The van der Waals surface area contributed by atoms with Crippen LogP contribution in [-0.4, -0.2) is 66.3 Å². The molecule has 252 valence electrons. The second-order valence-electron chi connectivity index (χ2n) is 16.0. The van der Waals surface area contributed by atoms with Crippen molar-refractivity contribution in [3.8, 4) is 0 Å². The zero-order valence-electron chi connectivity index (χ0n) is 28.2. The number of fused-ring (bicyclic) bond motifs is 7. The minimum absolute atomic E-state index is 0.00991. The molecule has 2 saturated heterocycles. The Kier molecular flexibility index (Phi) is 8.15. The summed E-state index contributed by atoms with van der Waals surface area (Å²) in [4.78, 5) is 48.2. The number of rotatable bonds is 5. The average Bonchev–Trinajstić information content (AvgIpc) is 3.51. The number of hydrogen-bond acceptors (Lipinski definition) is 10. The maximum absolute atomic E-state index is 12.5. The van der Waals surface area contributed by atoms with E-state index < -0.39 is 29.6 Å². The van der Waals surface area contributed by atoms with Crippen molar-refractivity contribution in [2.45, 2.75) is 143 Å². The minimum Gasteiger partial charge on any atom is -0.463 e. The topological polar surface area (TPSA) is 124 Å². The highest BCUT2D eigenvalue weighted by molar-refractivity contribution is 5.68. The summed E-state index contributed by atoms with van der Waals surface area (Å²) in [5.41, 5.74) is -0.801. The predicted molar refractivity (Wildman–Crippen MR) is 160 cm³/mol. The minimum atomic E-state index is -0.675. The molecule has 6 aliphatic rings. The van der Waals surface area contributed by atoms with Crippen molar-refractivity contribution in [3.05, 3.63) is 0 Å². The van der Waals surface area contributed by atoms with E-state index >= 15 is 0 Å². The van der Waals surface area contributed by atoms with E-state index in [-0.39, 0.29) is 59.4 Å². The molecule has 0 aromatic carbocycles. The molecule has 1 spiro atoms. The fourth-order valence-electron chi connectivity index (χ4n) is 11.7. The molecule has 6 rings (SSSR count). The molecule has 10 heteroatoms. The van der Waals surface area contributed by atoms with Gasteiger partial charge in [0.25, 0.3) is 0 Å². The number of carbonyl (C=O) groups excluding carboxylic acids is 4. The van der Waals surface area contributed by atoms with Crippen LogP contribution in [0, 0.1) is 46.3 Å². The molecule has 0 amide bonds. The van der Waals surface area contributed by atoms with Gasteiger partial charge in [-0.05, 0) is 86.4 Å². The Labute approximate surface area is 266 Å². The normalized spacial score (nSPS) is 49.7. The van der Waals surface area contributed by atoms with Gasteiger partial charge >= 0.3 is 23.9 Å². The Morgan fingerprint density at radius 1 is 0.711 bits per heavy atom. The van der Waals surface area contributed by atoms with Crippen molar-refractivity contribution in [2.75, 3.05) is 6.61 Å². The number of carbonyl (C=O) groups is 4. The van der Waals surface area contributed by atoms with Crippen molar-refractivity contribution >= 4 is 23.9 Å². The van der Waals surface area contributed by atoms with Crippen LogP contribution in [0.2, 0.25) is 0 Å². The van der Waals surface area contributed by atoms with Crippen LogP contribution in [0.1, 0.15) is 107 Å². The lowest BCUT2D eigenvalue weighted by Crippen LogP contribution is -2.62. The SMILES string of the molecule is CC(=O)OC[C@]1(C)CC[C@]2(O[C@H]3C[C@H]4[C@@H]5C[C@@H](OC(C)=O)[C@H]6C[C@@H](OC(C)=O)[C@H](OC(C)=O)C[C@]6(C)[C@H]5CC[C@]4(C)[C@H]3[C@@H]2C)O1. The molecular formula is C35H52O10. The van der Waals surface area contributed by atoms with Gasteiger partial charge in [0.1, 0.15) is 30.5 Å². The average molecular weight is 633 g/mol. The zero-order valence-corrected chi connectivity index (χ0v) is 28.2. The summed E-state index contributed by atoms with van der Waals surface area (Å²) >= 11 is 0. The quantitative estimate of drug-likeness (QED) is 0.298. The van der Waals surface area contributed by atoms with Crippen LogP contribution in [0.3, 0.4) is 0 Å². The Bertz CT molecular complexity index is 1230. The van der Waals surface area contributed by atoms with E-state index in [9.17, 15) is 19.2 Å². The lowest BCUT2D eigenvalue weighted by atomic mass is 9.43. The van der Waals surface area contributed by atoms with E-state index in [1.165, 1.54) is 27.7 Å². The molecule has 6 fully saturated rings. The molecule has 45 heavy (non-hydrogen) atoms. The van der Waals surface area contributed by atoms with E-state index in [1.54, 1.807) is 0 Å². The smallest absolute Gasteiger partial charge is 0.303 e. The van der Waals surface area contributed by atoms with Gasteiger partial charge in [0.15, 0.2) is 5.79 Å². The van der Waals surface area contributed by atoms with E-state index in [0.29, 0.717) is 36.5 Å². The summed E-state index contributed by atoms with van der Waals surface area (Å²) < 4.78 is 36.7. The van der Waals surface area contributed by atoms with Gasteiger partial charge in [-0.1, -0.05) is 20.8 Å². The first kappa shape index (κ1) is 32.7. The number of esters is 4. The molecule has 4 saturated carbocycles. The molecule has 14 atom stereocenters. The highest BCUT2D eigenvalue weighted by Gasteiger charge is 2.72.